The molecule has 81 valence electrons. The Labute approximate surface area is 91.9 Å². The van der Waals surface area contributed by atoms with Crippen LogP contribution in [0, 0.1) is 6.07 Å². The van der Waals surface area contributed by atoms with Gasteiger partial charge in [0.1, 0.15) is 0 Å². The van der Waals surface area contributed by atoms with E-state index in [-0.39, 0.29) is 5.91 Å². The predicted molar refractivity (Wildman–Crippen MR) is 61.8 cm³/mol. The Morgan fingerprint density at radius 1 is 1.20 bits per heavy atom. The molecule has 0 spiro atoms. The van der Waals surface area contributed by atoms with E-state index in [1.54, 1.807) is 12.1 Å². The second-order valence-electron chi connectivity index (χ2n) is 3.58. The number of amides is 1. The zero-order valence-electron chi connectivity index (χ0n) is 9.49. The van der Waals surface area contributed by atoms with Crippen LogP contribution >= 0.6 is 0 Å². The third-order valence-electron chi connectivity index (χ3n) is 2.24. The predicted octanol–water partition coefficient (Wildman–Crippen LogP) is 2.75. The maximum absolute atomic E-state index is 12.0. The number of hydrogen-bond acceptors (Lipinski definition) is 1. The van der Waals surface area contributed by atoms with Crippen molar-refractivity contribution in [1.82, 2.24) is 4.90 Å². The standard InChI is InChI=1S/C13H18NO/c1-3-10-14(11-4-2)13(15)12-8-6-5-7-9-12/h6-9H,3-4,10-11H2,1-2H3. The molecule has 1 aromatic carbocycles. The molecule has 0 aliphatic rings. The van der Waals surface area contributed by atoms with Crippen LogP contribution < -0.4 is 0 Å². The fraction of sp³-hybridized carbons (Fsp3) is 0.462. The van der Waals surface area contributed by atoms with Crippen molar-refractivity contribution in [1.29, 1.82) is 0 Å². The van der Waals surface area contributed by atoms with Crippen molar-refractivity contribution < 1.29 is 4.79 Å². The molecule has 1 aromatic rings. The zero-order chi connectivity index (χ0) is 11.1. The molecule has 1 rings (SSSR count). The number of benzene rings is 1. The highest BCUT2D eigenvalue weighted by atomic mass is 16.2. The molecule has 0 N–H and O–H groups in total. The molecule has 1 amide bonds. The first-order valence-corrected chi connectivity index (χ1v) is 5.55. The van der Waals surface area contributed by atoms with Crippen molar-refractivity contribution in [2.24, 2.45) is 0 Å². The molecule has 0 fully saturated rings. The Morgan fingerprint density at radius 2 is 1.73 bits per heavy atom. The normalized spacial score (nSPS) is 10.0. The van der Waals surface area contributed by atoms with Crippen molar-refractivity contribution in [3.8, 4) is 0 Å². The Kier molecular flexibility index (Phi) is 4.88. The number of carbonyl (C=O) groups excluding carboxylic acids is 1. The lowest BCUT2D eigenvalue weighted by Gasteiger charge is -2.21. The third-order valence-corrected chi connectivity index (χ3v) is 2.24. The first-order chi connectivity index (χ1) is 7.29. The summed E-state index contributed by atoms with van der Waals surface area (Å²) >= 11 is 0. The van der Waals surface area contributed by atoms with Crippen LogP contribution in [-0.4, -0.2) is 23.9 Å². The van der Waals surface area contributed by atoms with Crippen LogP contribution in [0.2, 0.25) is 0 Å². The van der Waals surface area contributed by atoms with Gasteiger partial charge in [-0.05, 0) is 31.0 Å². The molecule has 15 heavy (non-hydrogen) atoms. The van der Waals surface area contributed by atoms with Crippen molar-refractivity contribution in [2.45, 2.75) is 26.7 Å². The smallest absolute Gasteiger partial charge is 0.253 e. The van der Waals surface area contributed by atoms with E-state index in [9.17, 15) is 4.79 Å². The first kappa shape index (κ1) is 11.8. The summed E-state index contributed by atoms with van der Waals surface area (Å²) in [5, 5.41) is 0. The molecule has 0 aliphatic carbocycles. The number of rotatable bonds is 5. The highest BCUT2D eigenvalue weighted by Crippen LogP contribution is 2.05. The first-order valence-electron chi connectivity index (χ1n) is 5.55. The second kappa shape index (κ2) is 6.23. The summed E-state index contributed by atoms with van der Waals surface area (Å²) in [4.78, 5) is 13.9. The molecular formula is C13H18NO. The van der Waals surface area contributed by atoms with Gasteiger partial charge >= 0.3 is 0 Å². The molecule has 0 unspecified atom stereocenters. The van der Waals surface area contributed by atoms with Gasteiger partial charge in [-0.1, -0.05) is 26.0 Å². The highest BCUT2D eigenvalue weighted by Gasteiger charge is 2.12. The Balaban J connectivity index is 2.71. The van der Waals surface area contributed by atoms with E-state index in [1.807, 2.05) is 17.0 Å². The van der Waals surface area contributed by atoms with Gasteiger partial charge in [-0.15, -0.1) is 0 Å². The van der Waals surface area contributed by atoms with Crippen LogP contribution in [0.5, 0.6) is 0 Å². The van der Waals surface area contributed by atoms with E-state index in [4.69, 9.17) is 0 Å². The molecule has 2 heteroatoms. The summed E-state index contributed by atoms with van der Waals surface area (Å²) in [5.74, 6) is 0.132. The van der Waals surface area contributed by atoms with Gasteiger partial charge in [0.25, 0.3) is 5.91 Å². The second-order valence-corrected chi connectivity index (χ2v) is 3.58. The SMILES string of the molecule is CCCN(CCC)C(=O)c1cc[c]cc1. The van der Waals surface area contributed by atoms with E-state index < -0.39 is 0 Å². The van der Waals surface area contributed by atoms with Crippen molar-refractivity contribution in [3.63, 3.8) is 0 Å². The average Bonchev–Trinajstić information content (AvgIpc) is 2.29. The lowest BCUT2D eigenvalue weighted by Crippen LogP contribution is -2.32. The molecule has 2 nitrogen and oxygen atoms in total. The van der Waals surface area contributed by atoms with E-state index in [0.29, 0.717) is 0 Å². The minimum Gasteiger partial charge on any atom is -0.339 e. The molecule has 0 saturated carbocycles. The van der Waals surface area contributed by atoms with Crippen molar-refractivity contribution in [2.75, 3.05) is 13.1 Å². The lowest BCUT2D eigenvalue weighted by molar-refractivity contribution is 0.0755. The van der Waals surface area contributed by atoms with Crippen LogP contribution in [-0.2, 0) is 0 Å². The molecule has 0 saturated heterocycles. The van der Waals surface area contributed by atoms with Gasteiger partial charge in [0, 0.05) is 18.7 Å². The topological polar surface area (TPSA) is 20.3 Å². The minimum atomic E-state index is 0.132. The fourth-order valence-corrected chi connectivity index (χ4v) is 1.57. The third kappa shape index (κ3) is 3.39. The molecule has 0 heterocycles. The summed E-state index contributed by atoms with van der Waals surface area (Å²) in [7, 11) is 0. The maximum Gasteiger partial charge on any atom is 0.253 e. The molecule has 0 bridgehead atoms. The van der Waals surface area contributed by atoms with Crippen LogP contribution in [0.4, 0.5) is 0 Å². The summed E-state index contributed by atoms with van der Waals surface area (Å²) in [6.45, 7) is 5.86. The van der Waals surface area contributed by atoms with Gasteiger partial charge in [0.05, 0.1) is 0 Å². The summed E-state index contributed by atoms with van der Waals surface area (Å²) in [5.41, 5.74) is 0.760. The Bertz CT molecular complexity index is 289. The van der Waals surface area contributed by atoms with Gasteiger partial charge in [-0.25, -0.2) is 0 Å². The van der Waals surface area contributed by atoms with E-state index in [2.05, 4.69) is 19.9 Å². The van der Waals surface area contributed by atoms with Crippen molar-refractivity contribution >= 4 is 5.91 Å². The Hall–Kier alpha value is -1.31. The van der Waals surface area contributed by atoms with E-state index in [0.717, 1.165) is 31.5 Å². The fourth-order valence-electron chi connectivity index (χ4n) is 1.57. The van der Waals surface area contributed by atoms with Gasteiger partial charge in [-0.3, -0.25) is 4.79 Å². The van der Waals surface area contributed by atoms with E-state index in [1.165, 1.54) is 0 Å². The average molecular weight is 204 g/mol. The highest BCUT2D eigenvalue weighted by molar-refractivity contribution is 5.94. The number of carbonyl (C=O) groups is 1. The summed E-state index contributed by atoms with van der Waals surface area (Å²) < 4.78 is 0. The van der Waals surface area contributed by atoms with Gasteiger partial charge in [-0.2, -0.15) is 0 Å². The molecule has 1 radical (unpaired) electrons. The quantitative estimate of drug-likeness (QED) is 0.722. The van der Waals surface area contributed by atoms with E-state index >= 15 is 0 Å². The zero-order valence-corrected chi connectivity index (χ0v) is 9.49. The number of hydrogen-bond donors (Lipinski definition) is 0. The monoisotopic (exact) mass is 204 g/mol. The molecule has 0 atom stereocenters. The van der Waals surface area contributed by atoms with Crippen LogP contribution in [0.15, 0.2) is 24.3 Å². The Morgan fingerprint density at radius 3 is 2.20 bits per heavy atom. The van der Waals surface area contributed by atoms with Crippen LogP contribution in [0.25, 0.3) is 0 Å². The van der Waals surface area contributed by atoms with Crippen LogP contribution in [0.3, 0.4) is 0 Å². The molecule has 0 aliphatic heterocycles. The lowest BCUT2D eigenvalue weighted by atomic mass is 10.2. The summed E-state index contributed by atoms with van der Waals surface area (Å²) in [6.07, 6.45) is 2.01. The van der Waals surface area contributed by atoms with Crippen LogP contribution in [0.1, 0.15) is 37.0 Å². The minimum absolute atomic E-state index is 0.132. The van der Waals surface area contributed by atoms with Crippen molar-refractivity contribution in [3.05, 3.63) is 35.9 Å². The molecule has 0 aromatic heterocycles. The number of nitrogens with zero attached hydrogens (tertiary/aromatic N) is 1. The summed E-state index contributed by atoms with van der Waals surface area (Å²) in [6, 6.07) is 10.1. The largest absolute Gasteiger partial charge is 0.339 e. The van der Waals surface area contributed by atoms with Gasteiger partial charge in [0.2, 0.25) is 0 Å². The van der Waals surface area contributed by atoms with Gasteiger partial charge < -0.3 is 4.90 Å². The molecular weight excluding hydrogens is 186 g/mol. The maximum atomic E-state index is 12.0. The van der Waals surface area contributed by atoms with Gasteiger partial charge in [0.15, 0.2) is 0 Å².